The molecule has 6 heteroatoms. The van der Waals surface area contributed by atoms with E-state index in [2.05, 4.69) is 10.6 Å². The van der Waals surface area contributed by atoms with Crippen molar-refractivity contribution in [3.8, 4) is 16.9 Å². The van der Waals surface area contributed by atoms with Gasteiger partial charge in [0.2, 0.25) is 0 Å². The number of hydrogen-bond acceptors (Lipinski definition) is 2. The standard InChI is InChI=1S/C26H20Cl2N2O2/c1-32-25-14-20(19-9-3-4-10-22(19)27)23(28)13-21(25)26(31)30-16-18-8-6-12-29(18)15-17-7-2-5-11-24(17)30/h2-14H,15-16H2,1H3. The van der Waals surface area contributed by atoms with Gasteiger partial charge in [-0.15, -0.1) is 0 Å². The third kappa shape index (κ3) is 3.56. The lowest BCUT2D eigenvalue weighted by atomic mass is 10.0. The van der Waals surface area contributed by atoms with Crippen LogP contribution < -0.4 is 9.64 Å². The Hall–Kier alpha value is -3.21. The van der Waals surface area contributed by atoms with Crippen molar-refractivity contribution in [1.29, 1.82) is 0 Å². The SMILES string of the molecule is COc1cc(-c2ccccc2Cl)c(Cl)cc1C(=O)N1Cc2cccn2Cc2ccccc21. The van der Waals surface area contributed by atoms with E-state index in [0.717, 1.165) is 28.1 Å². The summed E-state index contributed by atoms with van der Waals surface area (Å²) >= 11 is 13.0. The first-order valence-electron chi connectivity index (χ1n) is 10.2. The number of halogens is 2. The fraction of sp³-hybridized carbons (Fsp3) is 0.115. The van der Waals surface area contributed by atoms with Crippen LogP contribution in [0.25, 0.3) is 11.1 Å². The molecule has 0 fully saturated rings. The minimum atomic E-state index is -0.170. The highest BCUT2D eigenvalue weighted by Gasteiger charge is 2.27. The number of rotatable bonds is 3. The Morgan fingerprint density at radius 1 is 0.875 bits per heavy atom. The van der Waals surface area contributed by atoms with Crippen molar-refractivity contribution in [2.75, 3.05) is 12.0 Å². The van der Waals surface area contributed by atoms with E-state index in [9.17, 15) is 4.79 Å². The van der Waals surface area contributed by atoms with Gasteiger partial charge in [-0.2, -0.15) is 0 Å². The van der Waals surface area contributed by atoms with Gasteiger partial charge in [0.25, 0.3) is 5.91 Å². The molecule has 160 valence electrons. The molecule has 1 aromatic heterocycles. The number of hydrogen-bond donors (Lipinski definition) is 0. The summed E-state index contributed by atoms with van der Waals surface area (Å²) in [5, 5.41) is 1.02. The summed E-state index contributed by atoms with van der Waals surface area (Å²) < 4.78 is 7.80. The summed E-state index contributed by atoms with van der Waals surface area (Å²) in [6, 6.07) is 22.9. The third-order valence-corrected chi connectivity index (χ3v) is 6.44. The number of ether oxygens (including phenoxy) is 1. The Morgan fingerprint density at radius 2 is 1.66 bits per heavy atom. The van der Waals surface area contributed by atoms with Crippen LogP contribution in [0.15, 0.2) is 79.0 Å². The van der Waals surface area contributed by atoms with E-state index in [1.807, 2.05) is 60.8 Å². The van der Waals surface area contributed by atoms with Crippen LogP contribution in [0.4, 0.5) is 5.69 Å². The van der Waals surface area contributed by atoms with Gasteiger partial charge in [0.05, 0.1) is 19.2 Å². The van der Waals surface area contributed by atoms with Crippen LogP contribution in [-0.2, 0) is 13.1 Å². The molecule has 4 nitrogen and oxygen atoms in total. The molecule has 3 aromatic carbocycles. The first-order valence-corrected chi connectivity index (χ1v) is 11.0. The molecule has 0 saturated heterocycles. The largest absolute Gasteiger partial charge is 0.496 e. The molecule has 1 amide bonds. The molecule has 32 heavy (non-hydrogen) atoms. The third-order valence-electron chi connectivity index (χ3n) is 5.80. The van der Waals surface area contributed by atoms with E-state index >= 15 is 0 Å². The molecule has 0 atom stereocenters. The lowest BCUT2D eigenvalue weighted by Gasteiger charge is -2.24. The number of anilines is 1. The molecule has 2 heterocycles. The average Bonchev–Trinajstić information content (AvgIpc) is 3.18. The van der Waals surface area contributed by atoms with Gasteiger partial charge in [0.1, 0.15) is 5.75 Å². The maximum absolute atomic E-state index is 13.8. The van der Waals surface area contributed by atoms with Gasteiger partial charge in [-0.05, 0) is 42.0 Å². The summed E-state index contributed by atoms with van der Waals surface area (Å²) in [7, 11) is 1.55. The van der Waals surface area contributed by atoms with Crippen molar-refractivity contribution in [3.63, 3.8) is 0 Å². The second kappa shape index (κ2) is 8.38. The molecular weight excluding hydrogens is 443 g/mol. The molecule has 5 rings (SSSR count). The second-order valence-electron chi connectivity index (χ2n) is 7.66. The zero-order valence-electron chi connectivity index (χ0n) is 17.4. The van der Waals surface area contributed by atoms with Gasteiger partial charge in [0, 0.05) is 45.3 Å². The quantitative estimate of drug-likeness (QED) is 0.340. The van der Waals surface area contributed by atoms with Crippen molar-refractivity contribution in [1.82, 2.24) is 4.57 Å². The van der Waals surface area contributed by atoms with Gasteiger partial charge in [-0.1, -0.05) is 59.6 Å². The molecule has 1 aliphatic heterocycles. The molecule has 0 unspecified atom stereocenters. The van der Waals surface area contributed by atoms with Crippen molar-refractivity contribution in [2.24, 2.45) is 0 Å². The zero-order chi connectivity index (χ0) is 22.2. The zero-order valence-corrected chi connectivity index (χ0v) is 18.9. The Morgan fingerprint density at radius 3 is 2.47 bits per heavy atom. The van der Waals surface area contributed by atoms with E-state index in [0.29, 0.717) is 34.4 Å². The Labute approximate surface area is 196 Å². The molecule has 0 radical (unpaired) electrons. The summed E-state index contributed by atoms with van der Waals surface area (Å²) in [6.07, 6.45) is 2.04. The van der Waals surface area contributed by atoms with Crippen LogP contribution in [0, 0.1) is 0 Å². The van der Waals surface area contributed by atoms with Crippen molar-refractivity contribution < 1.29 is 9.53 Å². The molecule has 1 aliphatic rings. The number of carbonyl (C=O) groups excluding carboxylic acids is 1. The van der Waals surface area contributed by atoms with E-state index in [1.165, 1.54) is 0 Å². The van der Waals surface area contributed by atoms with Crippen LogP contribution in [0.1, 0.15) is 21.6 Å². The lowest BCUT2D eigenvalue weighted by Crippen LogP contribution is -2.31. The minimum absolute atomic E-state index is 0.170. The van der Waals surface area contributed by atoms with E-state index in [4.69, 9.17) is 27.9 Å². The van der Waals surface area contributed by atoms with Crippen molar-refractivity contribution >= 4 is 34.8 Å². The molecular formula is C26H20Cl2N2O2. The van der Waals surface area contributed by atoms with Gasteiger partial charge in [-0.25, -0.2) is 0 Å². The first kappa shape index (κ1) is 20.7. The number of amides is 1. The highest BCUT2D eigenvalue weighted by Crippen LogP contribution is 2.39. The van der Waals surface area contributed by atoms with Crippen molar-refractivity contribution in [3.05, 3.63) is 106 Å². The maximum atomic E-state index is 13.8. The number of para-hydroxylation sites is 1. The summed E-state index contributed by atoms with van der Waals surface area (Å²) in [4.78, 5) is 15.6. The smallest absolute Gasteiger partial charge is 0.262 e. The lowest BCUT2D eigenvalue weighted by molar-refractivity contribution is 0.0982. The maximum Gasteiger partial charge on any atom is 0.262 e. The highest BCUT2D eigenvalue weighted by molar-refractivity contribution is 6.37. The van der Waals surface area contributed by atoms with Gasteiger partial charge in [-0.3, -0.25) is 4.79 Å². The van der Waals surface area contributed by atoms with Crippen LogP contribution in [-0.4, -0.2) is 17.6 Å². The Kier molecular flexibility index (Phi) is 5.41. The predicted molar refractivity (Wildman–Crippen MR) is 129 cm³/mol. The Bertz CT molecular complexity index is 1330. The normalized spacial score (nSPS) is 12.7. The average molecular weight is 463 g/mol. The molecule has 4 aromatic rings. The number of fused-ring (bicyclic) bond motifs is 2. The molecule has 0 spiro atoms. The number of carbonyl (C=O) groups is 1. The van der Waals surface area contributed by atoms with Crippen LogP contribution in [0.3, 0.4) is 0 Å². The monoisotopic (exact) mass is 462 g/mol. The van der Waals surface area contributed by atoms with Gasteiger partial charge >= 0.3 is 0 Å². The summed E-state index contributed by atoms with van der Waals surface area (Å²) in [5.74, 6) is 0.281. The molecule has 0 N–H and O–H groups in total. The first-order chi connectivity index (χ1) is 15.6. The van der Waals surface area contributed by atoms with Crippen molar-refractivity contribution in [2.45, 2.75) is 13.1 Å². The van der Waals surface area contributed by atoms with Crippen LogP contribution >= 0.6 is 23.2 Å². The second-order valence-corrected chi connectivity index (χ2v) is 8.47. The number of aromatic nitrogens is 1. The van der Waals surface area contributed by atoms with E-state index < -0.39 is 0 Å². The van der Waals surface area contributed by atoms with E-state index in [-0.39, 0.29) is 5.91 Å². The number of benzene rings is 3. The fourth-order valence-corrected chi connectivity index (χ4v) is 4.69. The van der Waals surface area contributed by atoms with Crippen LogP contribution in [0.5, 0.6) is 5.75 Å². The molecule has 0 aliphatic carbocycles. The number of methoxy groups -OCH3 is 1. The summed E-state index contributed by atoms with van der Waals surface area (Å²) in [6.45, 7) is 1.17. The van der Waals surface area contributed by atoms with Gasteiger partial charge < -0.3 is 14.2 Å². The highest BCUT2D eigenvalue weighted by atomic mass is 35.5. The topological polar surface area (TPSA) is 34.5 Å². The fourth-order valence-electron chi connectivity index (χ4n) is 4.19. The minimum Gasteiger partial charge on any atom is -0.496 e. The number of nitrogens with zero attached hydrogens (tertiary/aromatic N) is 2. The van der Waals surface area contributed by atoms with E-state index in [1.54, 1.807) is 24.1 Å². The van der Waals surface area contributed by atoms with Gasteiger partial charge in [0.15, 0.2) is 0 Å². The summed E-state index contributed by atoms with van der Waals surface area (Å²) in [5.41, 5.74) is 4.93. The molecule has 0 bridgehead atoms. The Balaban J connectivity index is 1.61. The molecule has 0 saturated carbocycles. The predicted octanol–water partition coefficient (Wildman–Crippen LogP) is 6.68. The van der Waals surface area contributed by atoms with Crippen LogP contribution in [0.2, 0.25) is 10.0 Å².